The molecule has 5 rings (SSSR count). The molecule has 6 nitrogen and oxygen atoms in total. The van der Waals surface area contributed by atoms with Crippen LogP contribution >= 0.6 is 12.4 Å². The standard InChI is InChI=1S/C23H25N5O.ClH/c1-23(24)12-5-4-9-18(23)22-26-21(27-29-22)17-8-6-7-16(13-17)14-28-15-25-19-10-2-3-11-20(19)28;/h2-3,6-8,10-11,13,15,18H,4-5,9,12,14,24H2,1H3;1H. The molecule has 0 saturated heterocycles. The topological polar surface area (TPSA) is 82.8 Å². The van der Waals surface area contributed by atoms with Crippen molar-refractivity contribution >= 4 is 23.4 Å². The van der Waals surface area contributed by atoms with Crippen molar-refractivity contribution in [3.05, 3.63) is 66.3 Å². The highest BCUT2D eigenvalue weighted by Crippen LogP contribution is 2.38. The average molecular weight is 424 g/mol. The fourth-order valence-corrected chi connectivity index (χ4v) is 4.40. The van der Waals surface area contributed by atoms with Crippen molar-refractivity contribution in [1.29, 1.82) is 0 Å². The van der Waals surface area contributed by atoms with Crippen molar-refractivity contribution in [2.75, 3.05) is 0 Å². The van der Waals surface area contributed by atoms with E-state index in [1.165, 1.54) is 5.56 Å². The molecule has 1 saturated carbocycles. The fourth-order valence-electron chi connectivity index (χ4n) is 4.40. The van der Waals surface area contributed by atoms with Crippen LogP contribution in [-0.4, -0.2) is 25.2 Å². The van der Waals surface area contributed by atoms with E-state index < -0.39 is 0 Å². The van der Waals surface area contributed by atoms with Crippen LogP contribution in [-0.2, 0) is 6.54 Å². The summed E-state index contributed by atoms with van der Waals surface area (Å²) in [7, 11) is 0. The first-order valence-corrected chi connectivity index (χ1v) is 10.2. The number of nitrogens with two attached hydrogens (primary N) is 1. The van der Waals surface area contributed by atoms with E-state index in [1.54, 1.807) is 0 Å². The maximum Gasteiger partial charge on any atom is 0.231 e. The van der Waals surface area contributed by atoms with Gasteiger partial charge in [-0.2, -0.15) is 4.98 Å². The van der Waals surface area contributed by atoms with Gasteiger partial charge in [-0.1, -0.05) is 48.3 Å². The van der Waals surface area contributed by atoms with Gasteiger partial charge in [0.2, 0.25) is 11.7 Å². The van der Waals surface area contributed by atoms with Crippen LogP contribution in [0.1, 0.15) is 50.0 Å². The van der Waals surface area contributed by atoms with Crippen LogP contribution in [0.3, 0.4) is 0 Å². The molecule has 1 aliphatic rings. The monoisotopic (exact) mass is 423 g/mol. The van der Waals surface area contributed by atoms with Gasteiger partial charge in [0.1, 0.15) is 0 Å². The van der Waals surface area contributed by atoms with Crippen LogP contribution in [0.15, 0.2) is 59.4 Å². The molecule has 156 valence electrons. The number of hydrogen-bond donors (Lipinski definition) is 1. The number of fused-ring (bicyclic) bond motifs is 1. The quantitative estimate of drug-likeness (QED) is 0.503. The Hall–Kier alpha value is -2.70. The van der Waals surface area contributed by atoms with E-state index in [9.17, 15) is 0 Å². The lowest BCUT2D eigenvalue weighted by atomic mass is 9.74. The SMILES string of the molecule is CC1(N)CCCCC1c1nc(-c2cccc(Cn3cnc4ccccc43)c2)no1.Cl. The van der Waals surface area contributed by atoms with E-state index >= 15 is 0 Å². The first kappa shape index (κ1) is 20.6. The Labute approximate surface area is 181 Å². The first-order chi connectivity index (χ1) is 14.1. The Morgan fingerprint density at radius 3 is 2.90 bits per heavy atom. The van der Waals surface area contributed by atoms with E-state index in [2.05, 4.69) is 39.8 Å². The number of rotatable bonds is 4. The van der Waals surface area contributed by atoms with Crippen molar-refractivity contribution in [2.45, 2.75) is 50.6 Å². The minimum atomic E-state index is -0.285. The van der Waals surface area contributed by atoms with E-state index in [0.717, 1.165) is 48.8 Å². The Morgan fingerprint density at radius 1 is 1.17 bits per heavy atom. The molecular formula is C23H26ClN5O. The summed E-state index contributed by atoms with van der Waals surface area (Å²) in [5.41, 5.74) is 10.5. The number of imidazole rings is 1. The molecule has 2 heterocycles. The number of para-hydroxylation sites is 2. The molecule has 7 heteroatoms. The van der Waals surface area contributed by atoms with Crippen molar-refractivity contribution < 1.29 is 4.52 Å². The summed E-state index contributed by atoms with van der Waals surface area (Å²) in [4.78, 5) is 9.19. The molecule has 2 aromatic heterocycles. The molecule has 2 unspecified atom stereocenters. The van der Waals surface area contributed by atoms with Crippen LogP contribution in [0.25, 0.3) is 22.4 Å². The van der Waals surface area contributed by atoms with Gasteiger partial charge in [0.15, 0.2) is 0 Å². The molecule has 1 aliphatic carbocycles. The molecule has 0 bridgehead atoms. The van der Waals surface area contributed by atoms with Gasteiger partial charge in [0.25, 0.3) is 0 Å². The van der Waals surface area contributed by atoms with Crippen LogP contribution in [0.2, 0.25) is 0 Å². The Morgan fingerprint density at radius 2 is 2.03 bits per heavy atom. The summed E-state index contributed by atoms with van der Waals surface area (Å²) in [6, 6.07) is 16.4. The van der Waals surface area contributed by atoms with Gasteiger partial charge in [-0.15, -0.1) is 12.4 Å². The Kier molecular flexibility index (Phi) is 5.62. The summed E-state index contributed by atoms with van der Waals surface area (Å²) < 4.78 is 7.79. The molecule has 0 radical (unpaired) electrons. The van der Waals surface area contributed by atoms with Crippen LogP contribution in [0, 0.1) is 0 Å². The normalized spacial score (nSPS) is 21.5. The third kappa shape index (κ3) is 3.85. The molecule has 1 fully saturated rings. The van der Waals surface area contributed by atoms with E-state index in [1.807, 2.05) is 36.7 Å². The van der Waals surface area contributed by atoms with Gasteiger partial charge in [-0.3, -0.25) is 0 Å². The summed E-state index contributed by atoms with van der Waals surface area (Å²) in [6.07, 6.45) is 6.19. The van der Waals surface area contributed by atoms with Gasteiger partial charge in [-0.25, -0.2) is 4.98 Å². The molecule has 2 N–H and O–H groups in total. The largest absolute Gasteiger partial charge is 0.339 e. The maximum atomic E-state index is 6.51. The van der Waals surface area contributed by atoms with Gasteiger partial charge >= 0.3 is 0 Å². The highest BCUT2D eigenvalue weighted by atomic mass is 35.5. The summed E-state index contributed by atoms with van der Waals surface area (Å²) in [5.74, 6) is 1.41. The molecule has 4 aromatic rings. The number of aromatic nitrogens is 4. The zero-order chi connectivity index (χ0) is 19.8. The lowest BCUT2D eigenvalue weighted by Gasteiger charge is -2.35. The Balaban J connectivity index is 0.00000218. The average Bonchev–Trinajstić information content (AvgIpc) is 3.36. The first-order valence-electron chi connectivity index (χ1n) is 10.2. The highest BCUT2D eigenvalue weighted by molar-refractivity contribution is 5.85. The highest BCUT2D eigenvalue weighted by Gasteiger charge is 2.37. The summed E-state index contributed by atoms with van der Waals surface area (Å²) in [6.45, 7) is 2.83. The molecule has 0 aliphatic heterocycles. The number of halogens is 1. The lowest BCUT2D eigenvalue weighted by molar-refractivity contribution is 0.223. The van der Waals surface area contributed by atoms with Gasteiger partial charge < -0.3 is 14.8 Å². The van der Waals surface area contributed by atoms with Crippen LogP contribution < -0.4 is 5.73 Å². The van der Waals surface area contributed by atoms with Crippen molar-refractivity contribution in [2.24, 2.45) is 5.73 Å². The minimum Gasteiger partial charge on any atom is -0.339 e. The van der Waals surface area contributed by atoms with Gasteiger partial charge in [-0.05, 0) is 43.5 Å². The van der Waals surface area contributed by atoms with E-state index in [0.29, 0.717) is 11.7 Å². The van der Waals surface area contributed by atoms with E-state index in [4.69, 9.17) is 15.2 Å². The molecule has 0 spiro atoms. The van der Waals surface area contributed by atoms with Crippen molar-refractivity contribution in [3.63, 3.8) is 0 Å². The zero-order valence-corrected chi connectivity index (χ0v) is 17.8. The second-order valence-electron chi connectivity index (χ2n) is 8.32. The van der Waals surface area contributed by atoms with Crippen LogP contribution in [0.4, 0.5) is 0 Å². The Bertz CT molecular complexity index is 1150. The minimum absolute atomic E-state index is 0. The number of benzene rings is 2. The van der Waals surface area contributed by atoms with Crippen molar-refractivity contribution in [3.8, 4) is 11.4 Å². The number of hydrogen-bond acceptors (Lipinski definition) is 5. The molecule has 0 amide bonds. The third-order valence-corrected chi connectivity index (χ3v) is 6.06. The van der Waals surface area contributed by atoms with Crippen molar-refractivity contribution in [1.82, 2.24) is 19.7 Å². The fraction of sp³-hybridized carbons (Fsp3) is 0.348. The summed E-state index contributed by atoms with van der Waals surface area (Å²) in [5, 5.41) is 4.25. The van der Waals surface area contributed by atoms with Gasteiger partial charge in [0.05, 0.1) is 23.3 Å². The summed E-state index contributed by atoms with van der Waals surface area (Å²) >= 11 is 0. The lowest BCUT2D eigenvalue weighted by Crippen LogP contribution is -2.44. The molecule has 30 heavy (non-hydrogen) atoms. The second-order valence-corrected chi connectivity index (χ2v) is 8.32. The predicted octanol–water partition coefficient (Wildman–Crippen LogP) is 4.93. The van der Waals surface area contributed by atoms with Crippen LogP contribution in [0.5, 0.6) is 0 Å². The molecule has 2 aromatic carbocycles. The zero-order valence-electron chi connectivity index (χ0n) is 17.0. The molecular weight excluding hydrogens is 398 g/mol. The molecule has 2 atom stereocenters. The predicted molar refractivity (Wildman–Crippen MR) is 120 cm³/mol. The third-order valence-electron chi connectivity index (χ3n) is 6.06. The smallest absolute Gasteiger partial charge is 0.231 e. The second kappa shape index (κ2) is 8.20. The van der Waals surface area contributed by atoms with Gasteiger partial charge in [0, 0.05) is 17.6 Å². The number of nitrogens with zero attached hydrogens (tertiary/aromatic N) is 4. The van der Waals surface area contributed by atoms with E-state index in [-0.39, 0.29) is 23.9 Å². The maximum absolute atomic E-state index is 6.51.